The maximum atomic E-state index is 12.9. The van der Waals surface area contributed by atoms with Gasteiger partial charge in [0.1, 0.15) is 22.7 Å². The molecule has 0 radical (unpaired) electrons. The van der Waals surface area contributed by atoms with Crippen LogP contribution in [0.3, 0.4) is 0 Å². The van der Waals surface area contributed by atoms with Gasteiger partial charge in [-0.1, -0.05) is 24.3 Å². The number of benzene rings is 2. The molecular formula is C27H29N3O5S. The second kappa shape index (κ2) is 11.1. The average Bonchev–Trinajstić information content (AvgIpc) is 3.27. The third kappa shape index (κ3) is 5.53. The lowest BCUT2D eigenvalue weighted by Gasteiger charge is -2.24. The van der Waals surface area contributed by atoms with Gasteiger partial charge in [-0.05, 0) is 68.1 Å². The van der Waals surface area contributed by atoms with E-state index in [9.17, 15) is 14.7 Å². The molecule has 1 aromatic heterocycles. The third-order valence-electron chi connectivity index (χ3n) is 6.35. The fraction of sp³-hybridized carbons (Fsp3) is 0.333. The van der Waals surface area contributed by atoms with E-state index < -0.39 is 5.97 Å². The lowest BCUT2D eigenvalue weighted by atomic mass is 9.99. The van der Waals surface area contributed by atoms with Crippen LogP contribution in [-0.4, -0.2) is 42.9 Å². The van der Waals surface area contributed by atoms with Crippen LogP contribution in [-0.2, 0) is 11.2 Å². The van der Waals surface area contributed by atoms with Gasteiger partial charge in [0.2, 0.25) is 0 Å². The Bertz CT molecular complexity index is 1220. The van der Waals surface area contributed by atoms with Gasteiger partial charge in [-0.2, -0.15) is 0 Å². The summed E-state index contributed by atoms with van der Waals surface area (Å²) in [5.41, 5.74) is 1.66. The van der Waals surface area contributed by atoms with Crippen molar-refractivity contribution in [1.82, 2.24) is 10.6 Å². The zero-order chi connectivity index (χ0) is 24.9. The smallest absolute Gasteiger partial charge is 0.338 e. The van der Waals surface area contributed by atoms with Crippen LogP contribution in [0.1, 0.15) is 56.5 Å². The van der Waals surface area contributed by atoms with E-state index in [1.54, 1.807) is 18.2 Å². The number of hydrogen-bond donors (Lipinski definition) is 4. The Morgan fingerprint density at radius 2 is 1.94 bits per heavy atom. The number of para-hydroxylation sites is 1. The number of thiophene rings is 1. The Labute approximate surface area is 213 Å². The largest absolute Gasteiger partial charge is 0.478 e. The standard InChI is InChI=1S/C27H29N3O5S/c31-25(17-7-6-10-19(15-17)35-18-8-2-1-3-9-18)29-16-21-24-20(12-13-28-21)23(27(32)33)26(36-24)30-22-11-4-5-14-34-22/h1-3,6-10,15,21-22,28,30H,4-5,11-14,16H2,(H,29,31)(H,32,33)/t21-,22?/m0/s1. The van der Waals surface area contributed by atoms with Crippen LogP contribution in [0, 0.1) is 0 Å². The Balaban J connectivity index is 1.28. The van der Waals surface area contributed by atoms with E-state index >= 15 is 0 Å². The van der Waals surface area contributed by atoms with Gasteiger partial charge in [0, 0.05) is 23.6 Å². The SMILES string of the molecule is O=C(NC[C@@H]1NCCc2c1sc(NC1CCCCO1)c2C(=O)O)c1cccc(Oc2ccccc2)c1. The summed E-state index contributed by atoms with van der Waals surface area (Å²) in [6.45, 7) is 1.66. The molecule has 3 heterocycles. The van der Waals surface area contributed by atoms with Gasteiger partial charge >= 0.3 is 5.97 Å². The van der Waals surface area contributed by atoms with Crippen molar-refractivity contribution < 1.29 is 24.2 Å². The Hall–Kier alpha value is -3.40. The molecule has 4 N–H and O–H groups in total. The summed E-state index contributed by atoms with van der Waals surface area (Å²) in [5, 5.41) is 20.3. The highest BCUT2D eigenvalue weighted by Gasteiger charge is 2.31. The topological polar surface area (TPSA) is 109 Å². The van der Waals surface area contributed by atoms with Crippen LogP contribution in [0.15, 0.2) is 54.6 Å². The van der Waals surface area contributed by atoms with Gasteiger partial charge in [0.05, 0.1) is 11.6 Å². The molecule has 8 nitrogen and oxygen atoms in total. The fourth-order valence-electron chi connectivity index (χ4n) is 4.59. The van der Waals surface area contributed by atoms with Crippen LogP contribution in [0.5, 0.6) is 11.5 Å². The summed E-state index contributed by atoms with van der Waals surface area (Å²) in [6.07, 6.45) is 3.39. The monoisotopic (exact) mass is 507 g/mol. The van der Waals surface area contributed by atoms with Crippen molar-refractivity contribution >= 4 is 28.2 Å². The molecule has 36 heavy (non-hydrogen) atoms. The molecule has 2 aliphatic rings. The molecule has 1 unspecified atom stereocenters. The highest BCUT2D eigenvalue weighted by Crippen LogP contribution is 2.40. The molecule has 0 aliphatic carbocycles. The highest BCUT2D eigenvalue weighted by molar-refractivity contribution is 7.16. The van der Waals surface area contributed by atoms with E-state index in [2.05, 4.69) is 16.0 Å². The lowest BCUT2D eigenvalue weighted by Crippen LogP contribution is -2.38. The second-order valence-electron chi connectivity index (χ2n) is 8.86. The molecule has 3 aromatic rings. The summed E-state index contributed by atoms with van der Waals surface area (Å²) in [5.74, 6) is 0.123. The number of amides is 1. The predicted octanol–water partition coefficient (Wildman–Crippen LogP) is 4.79. The molecule has 188 valence electrons. The van der Waals surface area contributed by atoms with E-state index in [0.717, 1.165) is 29.7 Å². The number of carboxylic acids is 1. The molecule has 2 aromatic carbocycles. The molecular weight excluding hydrogens is 478 g/mol. The van der Waals surface area contributed by atoms with Crippen LogP contribution in [0.4, 0.5) is 5.00 Å². The summed E-state index contributed by atoms with van der Waals surface area (Å²) < 4.78 is 11.6. The van der Waals surface area contributed by atoms with Gasteiger partial charge in [-0.15, -0.1) is 11.3 Å². The molecule has 0 spiro atoms. The van der Waals surface area contributed by atoms with Crippen molar-refractivity contribution in [3.8, 4) is 11.5 Å². The summed E-state index contributed by atoms with van der Waals surface area (Å²) in [4.78, 5) is 26.0. The molecule has 2 aliphatic heterocycles. The van der Waals surface area contributed by atoms with E-state index in [4.69, 9.17) is 9.47 Å². The van der Waals surface area contributed by atoms with E-state index in [0.29, 0.717) is 53.7 Å². The van der Waals surface area contributed by atoms with Crippen LogP contribution < -0.4 is 20.7 Å². The number of carboxylic acid groups (broad SMARTS) is 1. The molecule has 1 fully saturated rings. The average molecular weight is 508 g/mol. The number of aromatic carboxylic acids is 1. The normalized spacial score (nSPS) is 19.2. The van der Waals surface area contributed by atoms with Gasteiger partial charge < -0.3 is 30.5 Å². The molecule has 0 bridgehead atoms. The zero-order valence-corrected chi connectivity index (χ0v) is 20.6. The van der Waals surface area contributed by atoms with Crippen molar-refractivity contribution in [2.24, 2.45) is 0 Å². The highest BCUT2D eigenvalue weighted by atomic mass is 32.1. The van der Waals surface area contributed by atoms with Gasteiger partial charge in [0.25, 0.3) is 5.91 Å². The number of carbonyl (C=O) groups is 2. The number of carbonyl (C=O) groups excluding carboxylic acids is 1. The summed E-state index contributed by atoms with van der Waals surface area (Å²) >= 11 is 1.44. The molecule has 1 saturated heterocycles. The van der Waals surface area contributed by atoms with Crippen molar-refractivity contribution in [1.29, 1.82) is 0 Å². The van der Waals surface area contributed by atoms with E-state index in [-0.39, 0.29) is 18.2 Å². The fourth-order valence-corrected chi connectivity index (χ4v) is 5.95. The molecule has 9 heteroatoms. The van der Waals surface area contributed by atoms with E-state index in [1.165, 1.54) is 11.3 Å². The van der Waals surface area contributed by atoms with Crippen LogP contribution in [0.2, 0.25) is 0 Å². The maximum absolute atomic E-state index is 12.9. The van der Waals surface area contributed by atoms with Gasteiger partial charge in [-0.25, -0.2) is 4.79 Å². The number of anilines is 1. The quantitative estimate of drug-likeness (QED) is 0.347. The Morgan fingerprint density at radius 1 is 1.11 bits per heavy atom. The van der Waals surface area contributed by atoms with Crippen molar-refractivity contribution in [2.75, 3.05) is 25.0 Å². The number of hydrogen-bond acceptors (Lipinski definition) is 7. The predicted molar refractivity (Wildman–Crippen MR) is 138 cm³/mol. The number of rotatable bonds is 8. The third-order valence-corrected chi connectivity index (χ3v) is 7.62. The Kier molecular flexibility index (Phi) is 7.50. The summed E-state index contributed by atoms with van der Waals surface area (Å²) in [7, 11) is 0. The summed E-state index contributed by atoms with van der Waals surface area (Å²) in [6, 6.07) is 16.3. The lowest BCUT2D eigenvalue weighted by molar-refractivity contribution is 0.0344. The first-order valence-electron chi connectivity index (χ1n) is 12.2. The van der Waals surface area contributed by atoms with Crippen molar-refractivity contribution in [3.63, 3.8) is 0 Å². The minimum Gasteiger partial charge on any atom is -0.478 e. The minimum absolute atomic E-state index is 0.173. The van der Waals surface area contributed by atoms with Crippen molar-refractivity contribution in [3.05, 3.63) is 76.2 Å². The first kappa shape index (κ1) is 24.3. The van der Waals surface area contributed by atoms with Crippen LogP contribution in [0.25, 0.3) is 0 Å². The minimum atomic E-state index is -0.939. The number of fused-ring (bicyclic) bond motifs is 1. The molecule has 1 amide bonds. The van der Waals surface area contributed by atoms with Crippen LogP contribution >= 0.6 is 11.3 Å². The molecule has 2 atom stereocenters. The van der Waals surface area contributed by atoms with Crippen molar-refractivity contribution in [2.45, 2.75) is 38.0 Å². The molecule has 5 rings (SSSR count). The molecule has 0 saturated carbocycles. The second-order valence-corrected chi connectivity index (χ2v) is 9.92. The number of nitrogens with one attached hydrogen (secondary N) is 3. The first-order valence-corrected chi connectivity index (χ1v) is 13.0. The Morgan fingerprint density at radius 3 is 2.72 bits per heavy atom. The van der Waals surface area contributed by atoms with Gasteiger partial charge in [-0.3, -0.25) is 4.79 Å². The maximum Gasteiger partial charge on any atom is 0.338 e. The number of ether oxygens (including phenoxy) is 2. The van der Waals surface area contributed by atoms with E-state index in [1.807, 2.05) is 36.4 Å². The van der Waals surface area contributed by atoms with Gasteiger partial charge in [0.15, 0.2) is 0 Å². The zero-order valence-electron chi connectivity index (χ0n) is 19.8. The first-order chi connectivity index (χ1) is 17.6.